The number of benzene rings is 2. The van der Waals surface area contributed by atoms with Crippen molar-refractivity contribution < 1.29 is 9.47 Å². The van der Waals surface area contributed by atoms with E-state index in [1.54, 1.807) is 26.4 Å². The van der Waals surface area contributed by atoms with Gasteiger partial charge in [-0.1, -0.05) is 29.8 Å². The van der Waals surface area contributed by atoms with Gasteiger partial charge in [-0.2, -0.15) is 10.1 Å². The molecule has 7 nitrogen and oxygen atoms in total. The summed E-state index contributed by atoms with van der Waals surface area (Å²) in [5, 5.41) is 14.6. The van der Waals surface area contributed by atoms with Crippen molar-refractivity contribution in [3.05, 3.63) is 53.7 Å². The molecule has 0 aliphatic carbocycles. The number of rotatable bonds is 6. The minimum atomic E-state index is 0.309. The molecule has 0 unspecified atom stereocenters. The van der Waals surface area contributed by atoms with Crippen LogP contribution in [0.3, 0.4) is 0 Å². The van der Waals surface area contributed by atoms with E-state index in [1.165, 1.54) is 6.20 Å². The molecule has 0 aliphatic rings. The number of nitrogens with zero attached hydrogens (tertiary/aromatic N) is 3. The van der Waals surface area contributed by atoms with E-state index in [4.69, 9.17) is 21.1 Å². The maximum atomic E-state index is 6.11. The Balaban J connectivity index is 1.85. The van der Waals surface area contributed by atoms with Gasteiger partial charge in [0.25, 0.3) is 0 Å². The van der Waals surface area contributed by atoms with Gasteiger partial charge in [-0.3, -0.25) is 0 Å². The third-order valence-corrected chi connectivity index (χ3v) is 3.62. The van der Waals surface area contributed by atoms with Crippen LogP contribution in [0.4, 0.5) is 23.1 Å². The van der Waals surface area contributed by atoms with Crippen molar-refractivity contribution in [2.45, 2.75) is 0 Å². The van der Waals surface area contributed by atoms with Crippen molar-refractivity contribution >= 4 is 34.7 Å². The second kappa shape index (κ2) is 7.67. The number of halogens is 1. The molecule has 0 bridgehead atoms. The van der Waals surface area contributed by atoms with E-state index in [0.29, 0.717) is 34.0 Å². The lowest BCUT2D eigenvalue weighted by molar-refractivity contribution is 0.405. The van der Waals surface area contributed by atoms with Crippen LogP contribution < -0.4 is 20.1 Å². The molecular weight excluding hydrogens is 342 g/mol. The van der Waals surface area contributed by atoms with E-state index in [9.17, 15) is 0 Å². The van der Waals surface area contributed by atoms with Gasteiger partial charge in [0, 0.05) is 17.8 Å². The molecule has 25 heavy (non-hydrogen) atoms. The first-order chi connectivity index (χ1) is 12.2. The van der Waals surface area contributed by atoms with Gasteiger partial charge >= 0.3 is 0 Å². The molecule has 0 saturated heterocycles. The average molecular weight is 358 g/mol. The molecule has 1 heterocycles. The van der Waals surface area contributed by atoms with Gasteiger partial charge in [-0.15, -0.1) is 5.10 Å². The highest BCUT2D eigenvalue weighted by Gasteiger charge is 2.12. The minimum absolute atomic E-state index is 0.309. The molecule has 3 rings (SSSR count). The van der Waals surface area contributed by atoms with Crippen molar-refractivity contribution in [1.29, 1.82) is 0 Å². The van der Waals surface area contributed by atoms with Crippen molar-refractivity contribution in [3.8, 4) is 11.5 Å². The van der Waals surface area contributed by atoms with E-state index in [1.807, 2.05) is 30.3 Å². The average Bonchev–Trinajstić information content (AvgIpc) is 2.64. The number of aromatic nitrogens is 3. The van der Waals surface area contributed by atoms with Gasteiger partial charge in [0.2, 0.25) is 5.95 Å². The smallest absolute Gasteiger partial charge is 0.249 e. The monoisotopic (exact) mass is 357 g/mol. The van der Waals surface area contributed by atoms with Gasteiger partial charge in [0.15, 0.2) is 5.82 Å². The van der Waals surface area contributed by atoms with E-state index < -0.39 is 0 Å². The Morgan fingerprint density at radius 1 is 0.960 bits per heavy atom. The Labute approximate surface area is 150 Å². The lowest BCUT2D eigenvalue weighted by Crippen LogP contribution is -2.03. The first-order valence-electron chi connectivity index (χ1n) is 7.40. The summed E-state index contributed by atoms with van der Waals surface area (Å²) in [6.07, 6.45) is 1.54. The first kappa shape index (κ1) is 16.8. The van der Waals surface area contributed by atoms with Crippen LogP contribution in [0, 0.1) is 0 Å². The minimum Gasteiger partial charge on any atom is -0.495 e. The Morgan fingerprint density at radius 2 is 1.72 bits per heavy atom. The highest BCUT2D eigenvalue weighted by molar-refractivity contribution is 6.32. The number of nitrogens with one attached hydrogen (secondary N) is 2. The van der Waals surface area contributed by atoms with Crippen LogP contribution in [0.15, 0.2) is 48.7 Å². The molecule has 2 N–H and O–H groups in total. The van der Waals surface area contributed by atoms with Crippen LogP contribution in [0.1, 0.15) is 0 Å². The highest BCUT2D eigenvalue weighted by atomic mass is 35.5. The predicted octanol–water partition coefficient (Wildman–Crippen LogP) is 4.03. The largest absolute Gasteiger partial charge is 0.495 e. The summed E-state index contributed by atoms with van der Waals surface area (Å²) in [5.41, 5.74) is 1.52. The zero-order chi connectivity index (χ0) is 17.6. The van der Waals surface area contributed by atoms with Crippen molar-refractivity contribution in [2.24, 2.45) is 0 Å². The normalized spacial score (nSPS) is 10.2. The summed E-state index contributed by atoms with van der Waals surface area (Å²) in [6, 6.07) is 13.0. The molecule has 2 aromatic carbocycles. The molecule has 0 amide bonds. The summed E-state index contributed by atoms with van der Waals surface area (Å²) in [7, 11) is 3.09. The molecule has 8 heteroatoms. The molecule has 0 atom stereocenters. The number of methoxy groups -OCH3 is 2. The summed E-state index contributed by atoms with van der Waals surface area (Å²) in [6.45, 7) is 0. The van der Waals surface area contributed by atoms with Crippen molar-refractivity contribution in [1.82, 2.24) is 15.2 Å². The molecule has 0 radical (unpaired) electrons. The maximum absolute atomic E-state index is 6.11. The maximum Gasteiger partial charge on any atom is 0.249 e. The molecule has 0 fully saturated rings. The molecule has 0 saturated carbocycles. The van der Waals surface area contributed by atoms with Gasteiger partial charge < -0.3 is 20.1 Å². The quantitative estimate of drug-likeness (QED) is 0.689. The predicted molar refractivity (Wildman–Crippen MR) is 97.4 cm³/mol. The van der Waals surface area contributed by atoms with E-state index in [2.05, 4.69) is 25.8 Å². The number of ether oxygens (including phenoxy) is 2. The molecule has 0 spiro atoms. The Bertz CT molecular complexity index is 861. The Hall–Kier alpha value is -3.06. The van der Waals surface area contributed by atoms with E-state index in [-0.39, 0.29) is 0 Å². The van der Waals surface area contributed by atoms with Crippen LogP contribution in [0.2, 0.25) is 5.02 Å². The molecule has 128 valence electrons. The van der Waals surface area contributed by atoms with Crippen LogP contribution in [-0.2, 0) is 0 Å². The molecule has 1 aromatic heterocycles. The van der Waals surface area contributed by atoms with Gasteiger partial charge in [0.05, 0.1) is 31.1 Å². The highest BCUT2D eigenvalue weighted by Crippen LogP contribution is 2.36. The number of anilines is 4. The summed E-state index contributed by atoms with van der Waals surface area (Å²) < 4.78 is 10.6. The zero-order valence-corrected chi connectivity index (χ0v) is 14.4. The summed E-state index contributed by atoms with van der Waals surface area (Å²) in [5.74, 6) is 1.92. The summed E-state index contributed by atoms with van der Waals surface area (Å²) >= 11 is 6.11. The Kier molecular flexibility index (Phi) is 5.15. The second-order valence-electron chi connectivity index (χ2n) is 4.97. The fourth-order valence-corrected chi connectivity index (χ4v) is 2.40. The molecular formula is C17H16ClN5O2. The second-order valence-corrected chi connectivity index (χ2v) is 5.38. The first-order valence-corrected chi connectivity index (χ1v) is 7.77. The van der Waals surface area contributed by atoms with E-state index >= 15 is 0 Å². The van der Waals surface area contributed by atoms with Crippen LogP contribution >= 0.6 is 11.6 Å². The Morgan fingerprint density at radius 3 is 2.44 bits per heavy atom. The topological polar surface area (TPSA) is 81.2 Å². The third-order valence-electron chi connectivity index (χ3n) is 3.33. The third kappa shape index (κ3) is 4.07. The SMILES string of the molecule is COc1cc(Nc2nncc(Nc3ccccc3)n2)c(OC)cc1Cl. The van der Waals surface area contributed by atoms with Gasteiger partial charge in [-0.05, 0) is 12.1 Å². The van der Waals surface area contributed by atoms with Crippen molar-refractivity contribution in [3.63, 3.8) is 0 Å². The zero-order valence-electron chi connectivity index (χ0n) is 13.7. The van der Waals surface area contributed by atoms with Gasteiger partial charge in [-0.25, -0.2) is 0 Å². The summed E-state index contributed by atoms with van der Waals surface area (Å²) in [4.78, 5) is 4.39. The molecule has 0 aliphatic heterocycles. The van der Waals surface area contributed by atoms with Crippen LogP contribution in [-0.4, -0.2) is 29.4 Å². The lowest BCUT2D eigenvalue weighted by atomic mass is 10.2. The molecule has 3 aromatic rings. The fraction of sp³-hybridized carbons (Fsp3) is 0.118. The van der Waals surface area contributed by atoms with Gasteiger partial charge in [0.1, 0.15) is 11.5 Å². The standard InChI is InChI=1S/C17H16ClN5O2/c1-24-14-9-13(15(25-2)8-12(14)18)21-17-22-16(10-19-23-17)20-11-6-4-3-5-7-11/h3-10H,1-2H3,(H2,20,21,22,23). The number of hydrogen-bond acceptors (Lipinski definition) is 7. The van der Waals surface area contributed by atoms with Crippen molar-refractivity contribution in [2.75, 3.05) is 24.9 Å². The van der Waals surface area contributed by atoms with Crippen LogP contribution in [0.5, 0.6) is 11.5 Å². The fourth-order valence-electron chi connectivity index (χ4n) is 2.16. The lowest BCUT2D eigenvalue weighted by Gasteiger charge is -2.13. The van der Waals surface area contributed by atoms with E-state index in [0.717, 1.165) is 5.69 Å². The number of hydrogen-bond donors (Lipinski definition) is 2. The number of para-hydroxylation sites is 1. The van der Waals surface area contributed by atoms with Crippen LogP contribution in [0.25, 0.3) is 0 Å².